The van der Waals surface area contributed by atoms with Gasteiger partial charge in [0.05, 0.1) is 0 Å². The Bertz CT molecular complexity index is 529. The van der Waals surface area contributed by atoms with E-state index in [0.717, 1.165) is 17.0 Å². The molecule has 0 fully saturated rings. The number of nitrogens with zero attached hydrogens (tertiary/aromatic N) is 1. The van der Waals surface area contributed by atoms with Crippen LogP contribution in [0.15, 0.2) is 36.4 Å². The first-order valence-electron chi connectivity index (χ1n) is 5.28. The van der Waals surface area contributed by atoms with E-state index in [0.29, 0.717) is 16.8 Å². The fourth-order valence-corrected chi connectivity index (χ4v) is 1.86. The largest absolute Gasteiger partial charge is 0.439 e. The number of benzene rings is 1. The summed E-state index contributed by atoms with van der Waals surface area (Å²) in [6.07, 6.45) is 0.860. The van der Waals surface area contributed by atoms with Crippen LogP contribution in [0.2, 0.25) is 10.2 Å². The van der Waals surface area contributed by atoms with E-state index in [1.54, 1.807) is 18.2 Å². The van der Waals surface area contributed by atoms with Gasteiger partial charge in [0.15, 0.2) is 0 Å². The summed E-state index contributed by atoms with van der Waals surface area (Å²) in [5.74, 6) is 1.18. The molecule has 2 rings (SSSR count). The van der Waals surface area contributed by atoms with E-state index in [-0.39, 0.29) is 0 Å². The van der Waals surface area contributed by atoms with Crippen LogP contribution in [0.5, 0.6) is 11.6 Å². The summed E-state index contributed by atoms with van der Waals surface area (Å²) < 4.78 is 5.60. The van der Waals surface area contributed by atoms with Crippen LogP contribution < -0.4 is 4.74 Å². The summed E-state index contributed by atoms with van der Waals surface area (Å²) in [5, 5.41) is 1.16. The molecule has 0 saturated heterocycles. The molecule has 0 aliphatic rings. The lowest BCUT2D eigenvalue weighted by Crippen LogP contribution is -1.90. The molecule has 0 atom stereocenters. The first-order valence-corrected chi connectivity index (χ1v) is 6.03. The Kier molecular flexibility index (Phi) is 3.87. The highest BCUT2D eigenvalue weighted by Crippen LogP contribution is 2.26. The fraction of sp³-hybridized carbons (Fsp3) is 0.154. The molecule has 0 aliphatic heterocycles. The molecule has 0 amide bonds. The molecule has 0 radical (unpaired) electrons. The van der Waals surface area contributed by atoms with E-state index in [4.69, 9.17) is 27.9 Å². The maximum absolute atomic E-state index is 6.03. The average Bonchev–Trinajstić information content (AvgIpc) is 2.32. The zero-order valence-corrected chi connectivity index (χ0v) is 10.8. The maximum atomic E-state index is 6.03. The molecule has 0 spiro atoms. The third kappa shape index (κ3) is 3.11. The van der Waals surface area contributed by atoms with Gasteiger partial charge in [-0.25, -0.2) is 4.98 Å². The second-order valence-electron chi connectivity index (χ2n) is 3.51. The standard InChI is InChI=1S/C13H11Cl2NO/c1-2-9-8-10(6-7-11(9)14)17-13-5-3-4-12(15)16-13/h3-8H,2H2,1H3. The molecule has 2 aromatic rings. The first kappa shape index (κ1) is 12.2. The van der Waals surface area contributed by atoms with Crippen molar-refractivity contribution in [2.75, 3.05) is 0 Å². The van der Waals surface area contributed by atoms with E-state index in [1.807, 2.05) is 25.1 Å². The highest BCUT2D eigenvalue weighted by molar-refractivity contribution is 6.31. The Hall–Kier alpha value is -1.25. The van der Waals surface area contributed by atoms with Crippen molar-refractivity contribution >= 4 is 23.2 Å². The highest BCUT2D eigenvalue weighted by Gasteiger charge is 2.03. The minimum absolute atomic E-state index is 0.409. The molecule has 0 unspecified atom stereocenters. The molecule has 0 aliphatic carbocycles. The summed E-state index contributed by atoms with van der Waals surface area (Å²) in [5.41, 5.74) is 1.05. The third-order valence-electron chi connectivity index (χ3n) is 2.31. The minimum atomic E-state index is 0.409. The molecule has 4 heteroatoms. The van der Waals surface area contributed by atoms with E-state index in [9.17, 15) is 0 Å². The maximum Gasteiger partial charge on any atom is 0.220 e. The topological polar surface area (TPSA) is 22.1 Å². The molecular weight excluding hydrogens is 257 g/mol. The molecule has 88 valence electrons. The van der Waals surface area contributed by atoms with Gasteiger partial charge in [-0.3, -0.25) is 0 Å². The van der Waals surface area contributed by atoms with Crippen LogP contribution >= 0.6 is 23.2 Å². The fourth-order valence-electron chi connectivity index (χ4n) is 1.45. The lowest BCUT2D eigenvalue weighted by molar-refractivity contribution is 0.462. The number of rotatable bonds is 3. The van der Waals surface area contributed by atoms with E-state index < -0.39 is 0 Å². The Morgan fingerprint density at radius 3 is 2.71 bits per heavy atom. The molecule has 1 heterocycles. The van der Waals surface area contributed by atoms with Crippen molar-refractivity contribution in [3.8, 4) is 11.6 Å². The molecule has 0 saturated carbocycles. The number of halogens is 2. The highest BCUT2D eigenvalue weighted by atomic mass is 35.5. The van der Waals surface area contributed by atoms with Crippen LogP contribution in [0.4, 0.5) is 0 Å². The van der Waals surface area contributed by atoms with Crippen molar-refractivity contribution in [3.63, 3.8) is 0 Å². The number of hydrogen-bond donors (Lipinski definition) is 0. The second-order valence-corrected chi connectivity index (χ2v) is 4.30. The van der Waals surface area contributed by atoms with Crippen molar-refractivity contribution in [1.82, 2.24) is 4.98 Å². The van der Waals surface area contributed by atoms with Gasteiger partial charge in [0.25, 0.3) is 0 Å². The first-order chi connectivity index (χ1) is 8.19. The molecule has 0 N–H and O–H groups in total. The van der Waals surface area contributed by atoms with Crippen molar-refractivity contribution in [2.45, 2.75) is 13.3 Å². The Morgan fingerprint density at radius 2 is 2.00 bits per heavy atom. The third-order valence-corrected chi connectivity index (χ3v) is 2.89. The van der Waals surface area contributed by atoms with Crippen LogP contribution in [0.3, 0.4) is 0 Å². The zero-order chi connectivity index (χ0) is 12.3. The summed E-state index contributed by atoms with van der Waals surface area (Å²) in [6.45, 7) is 2.04. The van der Waals surface area contributed by atoms with E-state index >= 15 is 0 Å². The van der Waals surface area contributed by atoms with Crippen molar-refractivity contribution in [2.24, 2.45) is 0 Å². The van der Waals surface area contributed by atoms with Gasteiger partial charge in [-0.1, -0.05) is 36.2 Å². The number of hydrogen-bond acceptors (Lipinski definition) is 2. The summed E-state index contributed by atoms with van der Waals surface area (Å²) >= 11 is 11.8. The number of ether oxygens (including phenoxy) is 1. The Morgan fingerprint density at radius 1 is 1.18 bits per heavy atom. The molecule has 2 nitrogen and oxygen atoms in total. The second kappa shape index (κ2) is 5.39. The lowest BCUT2D eigenvalue weighted by atomic mass is 10.1. The normalized spacial score (nSPS) is 10.3. The van der Waals surface area contributed by atoms with Gasteiger partial charge in [-0.05, 0) is 36.2 Å². The van der Waals surface area contributed by atoms with Gasteiger partial charge in [-0.2, -0.15) is 0 Å². The van der Waals surface area contributed by atoms with Crippen LogP contribution in [-0.2, 0) is 6.42 Å². The quantitative estimate of drug-likeness (QED) is 0.750. The molecule has 1 aromatic carbocycles. The summed E-state index contributed by atoms with van der Waals surface area (Å²) in [6, 6.07) is 10.8. The van der Waals surface area contributed by atoms with Crippen LogP contribution in [0, 0.1) is 0 Å². The van der Waals surface area contributed by atoms with Crippen LogP contribution in [0.25, 0.3) is 0 Å². The monoisotopic (exact) mass is 267 g/mol. The van der Waals surface area contributed by atoms with E-state index in [1.165, 1.54) is 0 Å². The van der Waals surface area contributed by atoms with Crippen LogP contribution in [-0.4, -0.2) is 4.98 Å². The molecular formula is C13H11Cl2NO. The van der Waals surface area contributed by atoms with Gasteiger partial charge in [0, 0.05) is 11.1 Å². The van der Waals surface area contributed by atoms with Gasteiger partial charge in [0.2, 0.25) is 5.88 Å². The minimum Gasteiger partial charge on any atom is -0.439 e. The summed E-state index contributed by atoms with van der Waals surface area (Å²) in [7, 11) is 0. The van der Waals surface area contributed by atoms with Crippen molar-refractivity contribution < 1.29 is 4.74 Å². The van der Waals surface area contributed by atoms with Crippen molar-refractivity contribution in [1.29, 1.82) is 0 Å². The lowest BCUT2D eigenvalue weighted by Gasteiger charge is -2.07. The summed E-state index contributed by atoms with van der Waals surface area (Å²) in [4.78, 5) is 4.06. The molecule has 0 bridgehead atoms. The zero-order valence-electron chi connectivity index (χ0n) is 9.28. The molecule has 17 heavy (non-hydrogen) atoms. The van der Waals surface area contributed by atoms with Crippen molar-refractivity contribution in [3.05, 3.63) is 52.1 Å². The molecule has 1 aromatic heterocycles. The predicted molar refractivity (Wildman–Crippen MR) is 70.2 cm³/mol. The average molecular weight is 268 g/mol. The van der Waals surface area contributed by atoms with Crippen LogP contribution in [0.1, 0.15) is 12.5 Å². The SMILES string of the molecule is CCc1cc(Oc2cccc(Cl)n2)ccc1Cl. The number of pyridine rings is 1. The van der Waals surface area contributed by atoms with Gasteiger partial charge in [-0.15, -0.1) is 0 Å². The predicted octanol–water partition coefficient (Wildman–Crippen LogP) is 4.74. The van der Waals surface area contributed by atoms with Gasteiger partial charge in [0.1, 0.15) is 10.9 Å². The Balaban J connectivity index is 2.24. The number of aryl methyl sites for hydroxylation is 1. The van der Waals surface area contributed by atoms with Gasteiger partial charge < -0.3 is 4.74 Å². The Labute approximate surface area is 110 Å². The number of aromatic nitrogens is 1. The smallest absolute Gasteiger partial charge is 0.220 e. The van der Waals surface area contributed by atoms with Gasteiger partial charge >= 0.3 is 0 Å². The van der Waals surface area contributed by atoms with E-state index in [2.05, 4.69) is 4.98 Å².